The highest BCUT2D eigenvalue weighted by Crippen LogP contribution is 2.40. The number of carbonyl (C=O) groups is 1. The van der Waals surface area contributed by atoms with Crippen LogP contribution >= 0.6 is 0 Å². The van der Waals surface area contributed by atoms with Gasteiger partial charge in [-0.05, 0) is 5.56 Å². The molecule has 0 aliphatic heterocycles. The van der Waals surface area contributed by atoms with Crippen LogP contribution in [-0.4, -0.2) is 10.7 Å². The third kappa shape index (κ3) is 1.21. The zero-order valence-electron chi connectivity index (χ0n) is 8.71. The van der Waals surface area contributed by atoms with E-state index in [0.29, 0.717) is 11.1 Å². The Balaban J connectivity index is 2.38. The fourth-order valence-electron chi connectivity index (χ4n) is 2.21. The summed E-state index contributed by atoms with van der Waals surface area (Å²) in [6.45, 7) is 0. The van der Waals surface area contributed by atoms with E-state index >= 15 is 0 Å². The normalized spacial score (nSPS) is 12.1. The molecular formula is C13H7NO3. The Morgan fingerprint density at radius 3 is 2.24 bits per heavy atom. The molecule has 0 saturated carbocycles. The first-order valence-corrected chi connectivity index (χ1v) is 5.11. The summed E-state index contributed by atoms with van der Waals surface area (Å²) in [5, 5.41) is 10.9. The molecule has 0 fully saturated rings. The van der Waals surface area contributed by atoms with Gasteiger partial charge < -0.3 is 0 Å². The van der Waals surface area contributed by atoms with Crippen molar-refractivity contribution in [3.63, 3.8) is 0 Å². The number of benzene rings is 2. The van der Waals surface area contributed by atoms with Crippen LogP contribution in [0.4, 0.5) is 5.69 Å². The van der Waals surface area contributed by atoms with E-state index in [1.54, 1.807) is 24.3 Å². The molecule has 0 amide bonds. The van der Waals surface area contributed by atoms with Crippen molar-refractivity contribution < 1.29 is 9.72 Å². The molecule has 0 spiro atoms. The van der Waals surface area contributed by atoms with Gasteiger partial charge in [-0.3, -0.25) is 14.9 Å². The Hall–Kier alpha value is -2.49. The Bertz CT molecular complexity index is 661. The summed E-state index contributed by atoms with van der Waals surface area (Å²) in [6, 6.07) is 11.8. The largest absolute Gasteiger partial charge is 0.288 e. The minimum Gasteiger partial charge on any atom is -0.288 e. The average Bonchev–Trinajstić information content (AvgIpc) is 2.64. The van der Waals surface area contributed by atoms with Crippen molar-refractivity contribution >= 4 is 11.5 Å². The highest BCUT2D eigenvalue weighted by Gasteiger charge is 2.32. The second-order valence-corrected chi connectivity index (χ2v) is 3.83. The van der Waals surface area contributed by atoms with Crippen LogP contribution in [0.25, 0.3) is 11.1 Å². The number of nitro benzene ring substituents is 1. The van der Waals surface area contributed by atoms with Crippen molar-refractivity contribution in [2.45, 2.75) is 0 Å². The standard InChI is InChI=1S/C13H7NO3/c15-13-10-5-2-1-4-8(10)9-6-3-7-11(12(9)13)14(16)17/h1-7H. The van der Waals surface area contributed by atoms with Crippen LogP contribution in [0.5, 0.6) is 0 Å². The van der Waals surface area contributed by atoms with E-state index in [-0.39, 0.29) is 17.0 Å². The van der Waals surface area contributed by atoms with Gasteiger partial charge in [-0.1, -0.05) is 36.4 Å². The number of ketones is 1. The fourth-order valence-corrected chi connectivity index (χ4v) is 2.21. The summed E-state index contributed by atoms with van der Waals surface area (Å²) in [7, 11) is 0. The van der Waals surface area contributed by atoms with Crippen molar-refractivity contribution in [2.75, 3.05) is 0 Å². The summed E-state index contributed by atoms with van der Waals surface area (Å²) in [6.07, 6.45) is 0. The fraction of sp³-hybridized carbons (Fsp3) is 0. The molecule has 1 aliphatic rings. The molecule has 4 heteroatoms. The summed E-state index contributed by atoms with van der Waals surface area (Å²) in [5.74, 6) is -0.261. The molecule has 4 nitrogen and oxygen atoms in total. The molecule has 3 rings (SSSR count). The third-order valence-corrected chi connectivity index (χ3v) is 2.93. The lowest BCUT2D eigenvalue weighted by atomic mass is 10.1. The molecule has 1 aliphatic carbocycles. The van der Waals surface area contributed by atoms with E-state index in [1.165, 1.54) is 6.07 Å². The van der Waals surface area contributed by atoms with Gasteiger partial charge in [0, 0.05) is 17.2 Å². The summed E-state index contributed by atoms with van der Waals surface area (Å²) >= 11 is 0. The Morgan fingerprint density at radius 2 is 1.53 bits per heavy atom. The van der Waals surface area contributed by atoms with Crippen LogP contribution < -0.4 is 0 Å². The smallest absolute Gasteiger partial charge is 0.281 e. The van der Waals surface area contributed by atoms with E-state index in [1.807, 2.05) is 12.1 Å². The molecule has 17 heavy (non-hydrogen) atoms. The van der Waals surface area contributed by atoms with Crippen molar-refractivity contribution in [3.05, 3.63) is 63.7 Å². The third-order valence-electron chi connectivity index (χ3n) is 2.93. The zero-order valence-corrected chi connectivity index (χ0v) is 8.71. The molecule has 82 valence electrons. The van der Waals surface area contributed by atoms with Gasteiger partial charge in [0.25, 0.3) is 5.69 Å². The highest BCUT2D eigenvalue weighted by molar-refractivity contribution is 6.23. The monoisotopic (exact) mass is 225 g/mol. The van der Waals surface area contributed by atoms with E-state index in [4.69, 9.17) is 0 Å². The van der Waals surface area contributed by atoms with Gasteiger partial charge in [0.15, 0.2) is 0 Å². The first-order valence-electron chi connectivity index (χ1n) is 5.11. The van der Waals surface area contributed by atoms with Crippen LogP contribution in [-0.2, 0) is 0 Å². The highest BCUT2D eigenvalue weighted by atomic mass is 16.6. The minimum absolute atomic E-state index is 0.122. The number of fused-ring (bicyclic) bond motifs is 3. The van der Waals surface area contributed by atoms with E-state index in [2.05, 4.69) is 0 Å². The Labute approximate surface area is 96.7 Å². The quantitative estimate of drug-likeness (QED) is 0.472. The first-order chi connectivity index (χ1) is 8.20. The number of hydrogen-bond acceptors (Lipinski definition) is 3. The van der Waals surface area contributed by atoms with Crippen LogP contribution in [0, 0.1) is 10.1 Å². The maximum atomic E-state index is 12.1. The summed E-state index contributed by atoms with van der Waals surface area (Å²) < 4.78 is 0. The van der Waals surface area contributed by atoms with E-state index < -0.39 is 4.92 Å². The number of carbonyl (C=O) groups excluding carboxylic acids is 1. The van der Waals surface area contributed by atoms with Crippen LogP contribution in [0.15, 0.2) is 42.5 Å². The SMILES string of the molecule is O=C1c2ccccc2-c2cccc([N+](=O)[O-])c21. The molecule has 0 unspecified atom stereocenters. The van der Waals surface area contributed by atoms with Crippen molar-refractivity contribution in [2.24, 2.45) is 0 Å². The lowest BCUT2D eigenvalue weighted by Gasteiger charge is -1.99. The molecular weight excluding hydrogens is 218 g/mol. The van der Waals surface area contributed by atoms with Crippen molar-refractivity contribution in [1.29, 1.82) is 0 Å². The topological polar surface area (TPSA) is 60.2 Å². The first kappa shape index (κ1) is 9.72. The number of rotatable bonds is 1. The van der Waals surface area contributed by atoms with Crippen molar-refractivity contribution in [1.82, 2.24) is 0 Å². The maximum Gasteiger partial charge on any atom is 0.281 e. The molecule has 0 atom stereocenters. The molecule has 2 aromatic carbocycles. The van der Waals surface area contributed by atoms with Gasteiger partial charge in [0.2, 0.25) is 5.78 Å². The Kier molecular flexibility index (Phi) is 1.86. The second kappa shape index (κ2) is 3.25. The second-order valence-electron chi connectivity index (χ2n) is 3.83. The number of hydrogen-bond donors (Lipinski definition) is 0. The number of nitrogens with zero attached hydrogens (tertiary/aromatic N) is 1. The van der Waals surface area contributed by atoms with Gasteiger partial charge in [-0.25, -0.2) is 0 Å². The zero-order chi connectivity index (χ0) is 12.0. The number of nitro groups is 1. The van der Waals surface area contributed by atoms with Gasteiger partial charge in [0.1, 0.15) is 5.56 Å². The van der Waals surface area contributed by atoms with Gasteiger partial charge >= 0.3 is 0 Å². The van der Waals surface area contributed by atoms with Crippen LogP contribution in [0.3, 0.4) is 0 Å². The van der Waals surface area contributed by atoms with E-state index in [0.717, 1.165) is 5.56 Å². The lowest BCUT2D eigenvalue weighted by molar-refractivity contribution is -0.385. The molecule has 2 aromatic rings. The molecule has 0 N–H and O–H groups in total. The van der Waals surface area contributed by atoms with Crippen LogP contribution in [0.1, 0.15) is 15.9 Å². The van der Waals surface area contributed by atoms with E-state index in [9.17, 15) is 14.9 Å². The van der Waals surface area contributed by atoms with Crippen LogP contribution in [0.2, 0.25) is 0 Å². The molecule has 0 radical (unpaired) electrons. The maximum absolute atomic E-state index is 12.1. The molecule has 0 heterocycles. The summed E-state index contributed by atoms with van der Waals surface area (Å²) in [5.41, 5.74) is 2.05. The van der Waals surface area contributed by atoms with Crippen molar-refractivity contribution in [3.8, 4) is 11.1 Å². The minimum atomic E-state index is -0.511. The predicted molar refractivity (Wildman–Crippen MR) is 62.0 cm³/mol. The lowest BCUT2D eigenvalue weighted by Crippen LogP contribution is -2.00. The van der Waals surface area contributed by atoms with Gasteiger partial charge in [0.05, 0.1) is 4.92 Å². The Morgan fingerprint density at radius 1 is 0.882 bits per heavy atom. The molecule has 0 aromatic heterocycles. The van der Waals surface area contributed by atoms with Gasteiger partial charge in [-0.2, -0.15) is 0 Å². The van der Waals surface area contributed by atoms with Gasteiger partial charge in [-0.15, -0.1) is 0 Å². The molecule has 0 bridgehead atoms. The molecule has 0 saturated heterocycles. The predicted octanol–water partition coefficient (Wildman–Crippen LogP) is 2.81. The average molecular weight is 225 g/mol. The summed E-state index contributed by atoms with van der Waals surface area (Å²) in [4.78, 5) is 22.5.